The second-order valence-corrected chi connectivity index (χ2v) is 9.65. The van der Waals surface area contributed by atoms with Gasteiger partial charge in [-0.05, 0) is 54.3 Å². The maximum atomic E-state index is 12.5. The number of rotatable bonds is 13. The van der Waals surface area contributed by atoms with E-state index in [4.69, 9.17) is 9.84 Å². The molecule has 184 valence electrons. The van der Waals surface area contributed by atoms with Gasteiger partial charge in [0, 0.05) is 18.5 Å². The third kappa shape index (κ3) is 8.59. The minimum absolute atomic E-state index is 0.104. The maximum absolute atomic E-state index is 12.5. The molecule has 0 radical (unpaired) electrons. The summed E-state index contributed by atoms with van der Waals surface area (Å²) in [5.41, 5.74) is 2.10. The SMILES string of the molecule is O=C(O)CCCc1ccccc1OCC[C@@H](O)/C=C/c1cccc(NS(=O)(=O)c2ccccc2)c1. The molecule has 3 aromatic carbocycles. The van der Waals surface area contributed by atoms with E-state index in [9.17, 15) is 18.3 Å². The Balaban J connectivity index is 1.52. The normalized spacial score (nSPS) is 12.4. The van der Waals surface area contributed by atoms with E-state index in [0.717, 1.165) is 11.1 Å². The number of ether oxygens (including phenoxy) is 1. The van der Waals surface area contributed by atoms with Crippen molar-refractivity contribution in [1.82, 2.24) is 0 Å². The van der Waals surface area contributed by atoms with Gasteiger partial charge in [-0.1, -0.05) is 60.7 Å². The molecule has 0 saturated carbocycles. The van der Waals surface area contributed by atoms with Gasteiger partial charge in [-0.2, -0.15) is 0 Å². The third-order valence-corrected chi connectivity index (χ3v) is 6.58. The molecule has 0 bridgehead atoms. The van der Waals surface area contributed by atoms with E-state index >= 15 is 0 Å². The van der Waals surface area contributed by atoms with E-state index < -0.39 is 22.1 Å². The quantitative estimate of drug-likeness (QED) is 0.316. The van der Waals surface area contributed by atoms with E-state index in [-0.39, 0.29) is 11.3 Å². The lowest BCUT2D eigenvalue weighted by Gasteiger charge is -2.12. The molecule has 7 nitrogen and oxygen atoms in total. The number of sulfonamides is 1. The van der Waals surface area contributed by atoms with Crippen LogP contribution in [0.1, 0.15) is 30.4 Å². The number of hydrogen-bond donors (Lipinski definition) is 3. The highest BCUT2D eigenvalue weighted by atomic mass is 32.2. The molecule has 3 aromatic rings. The van der Waals surface area contributed by atoms with Gasteiger partial charge < -0.3 is 14.9 Å². The van der Waals surface area contributed by atoms with Gasteiger partial charge in [0.15, 0.2) is 0 Å². The number of carboxylic acids is 1. The minimum atomic E-state index is -3.68. The van der Waals surface area contributed by atoms with Gasteiger partial charge >= 0.3 is 5.97 Å². The number of carbonyl (C=O) groups is 1. The summed E-state index contributed by atoms with van der Waals surface area (Å²) in [4.78, 5) is 10.9. The van der Waals surface area contributed by atoms with Crippen LogP contribution >= 0.6 is 0 Å². The predicted molar refractivity (Wildman–Crippen MR) is 136 cm³/mol. The fourth-order valence-electron chi connectivity index (χ4n) is 3.41. The van der Waals surface area contributed by atoms with Crippen molar-refractivity contribution in [3.8, 4) is 5.75 Å². The number of aliphatic carboxylic acids is 1. The first-order valence-corrected chi connectivity index (χ1v) is 12.8. The second-order valence-electron chi connectivity index (χ2n) is 7.96. The van der Waals surface area contributed by atoms with Crippen molar-refractivity contribution in [2.24, 2.45) is 0 Å². The van der Waals surface area contributed by atoms with Crippen LogP contribution in [0.15, 0.2) is 89.8 Å². The number of nitrogens with one attached hydrogen (secondary N) is 1. The van der Waals surface area contributed by atoms with Crippen molar-refractivity contribution in [3.63, 3.8) is 0 Å². The van der Waals surface area contributed by atoms with Gasteiger partial charge in [0.05, 0.1) is 17.6 Å². The molecule has 0 amide bonds. The van der Waals surface area contributed by atoms with Crippen molar-refractivity contribution >= 4 is 27.8 Å². The summed E-state index contributed by atoms with van der Waals surface area (Å²) >= 11 is 0. The highest BCUT2D eigenvalue weighted by Gasteiger charge is 2.13. The summed E-state index contributed by atoms with van der Waals surface area (Å²) in [6.07, 6.45) is 4.21. The highest BCUT2D eigenvalue weighted by Crippen LogP contribution is 2.21. The number of aliphatic hydroxyl groups excluding tert-OH is 1. The monoisotopic (exact) mass is 495 g/mol. The van der Waals surface area contributed by atoms with Crippen LogP contribution in [-0.4, -0.2) is 37.3 Å². The van der Waals surface area contributed by atoms with Gasteiger partial charge in [0.25, 0.3) is 10.0 Å². The van der Waals surface area contributed by atoms with Crippen molar-refractivity contribution in [2.45, 2.75) is 36.7 Å². The van der Waals surface area contributed by atoms with Crippen LogP contribution in [0.25, 0.3) is 6.08 Å². The van der Waals surface area contributed by atoms with Crippen LogP contribution < -0.4 is 9.46 Å². The Morgan fingerprint density at radius 1 is 1.00 bits per heavy atom. The van der Waals surface area contributed by atoms with Crippen LogP contribution in [0.5, 0.6) is 5.75 Å². The van der Waals surface area contributed by atoms with Gasteiger partial charge in [0.2, 0.25) is 0 Å². The van der Waals surface area contributed by atoms with E-state index in [1.54, 1.807) is 48.6 Å². The summed E-state index contributed by atoms with van der Waals surface area (Å²) in [7, 11) is -3.68. The Bertz CT molecular complexity index is 1240. The van der Waals surface area contributed by atoms with Crippen LogP contribution in [0.4, 0.5) is 5.69 Å². The molecule has 0 aliphatic heterocycles. The zero-order valence-electron chi connectivity index (χ0n) is 19.2. The maximum Gasteiger partial charge on any atom is 0.303 e. The van der Waals surface area contributed by atoms with Gasteiger partial charge in [-0.3, -0.25) is 9.52 Å². The molecule has 1 atom stereocenters. The summed E-state index contributed by atoms with van der Waals surface area (Å²) < 4.78 is 33.4. The Morgan fingerprint density at radius 3 is 2.51 bits per heavy atom. The molecule has 3 rings (SSSR count). The lowest BCUT2D eigenvalue weighted by atomic mass is 10.1. The average Bonchev–Trinajstić information content (AvgIpc) is 2.84. The molecule has 0 fully saturated rings. The summed E-state index contributed by atoms with van der Waals surface area (Å²) in [6, 6.07) is 22.5. The molecule has 3 N–H and O–H groups in total. The zero-order chi connectivity index (χ0) is 25.1. The van der Waals surface area contributed by atoms with Crippen LogP contribution in [-0.2, 0) is 21.2 Å². The smallest absolute Gasteiger partial charge is 0.303 e. The minimum Gasteiger partial charge on any atom is -0.493 e. The lowest BCUT2D eigenvalue weighted by molar-refractivity contribution is -0.137. The van der Waals surface area contributed by atoms with Gasteiger partial charge in [0.1, 0.15) is 5.75 Å². The van der Waals surface area contributed by atoms with E-state index in [2.05, 4.69) is 4.72 Å². The molecule has 0 spiro atoms. The van der Waals surface area contributed by atoms with E-state index in [1.165, 1.54) is 12.1 Å². The average molecular weight is 496 g/mol. The number of benzene rings is 3. The first-order chi connectivity index (χ1) is 16.8. The number of anilines is 1. The number of hydrogen-bond acceptors (Lipinski definition) is 5. The topological polar surface area (TPSA) is 113 Å². The van der Waals surface area contributed by atoms with Crippen LogP contribution in [0.3, 0.4) is 0 Å². The largest absolute Gasteiger partial charge is 0.493 e. The Hall–Kier alpha value is -3.62. The molecule has 0 aromatic heterocycles. The van der Waals surface area contributed by atoms with E-state index in [0.29, 0.717) is 37.3 Å². The molecule has 0 aliphatic carbocycles. The number of aryl methyl sites for hydroxylation is 1. The standard InChI is InChI=1S/C27H29NO6S/c29-24(18-19-34-26-14-5-4-9-22(26)10-7-15-27(30)31)17-16-21-8-6-11-23(20-21)28-35(32,33)25-12-2-1-3-13-25/h1-6,8-9,11-14,16-17,20,24,28-29H,7,10,15,18-19H2,(H,30,31)/b17-16+/t24-/m0/s1. The number of para-hydroxylation sites is 1. The summed E-state index contributed by atoms with van der Waals surface area (Å²) in [5, 5.41) is 19.1. The number of aliphatic hydroxyl groups is 1. The fraction of sp³-hybridized carbons (Fsp3) is 0.222. The fourth-order valence-corrected chi connectivity index (χ4v) is 4.48. The first-order valence-electron chi connectivity index (χ1n) is 11.3. The summed E-state index contributed by atoms with van der Waals surface area (Å²) in [5.74, 6) is -0.134. The number of carboxylic acid groups (broad SMARTS) is 1. The molecule has 35 heavy (non-hydrogen) atoms. The summed E-state index contributed by atoms with van der Waals surface area (Å²) in [6.45, 7) is 0.290. The predicted octanol–water partition coefficient (Wildman–Crippen LogP) is 4.74. The molecule has 0 saturated heterocycles. The van der Waals surface area contributed by atoms with Crippen molar-refractivity contribution in [2.75, 3.05) is 11.3 Å². The zero-order valence-corrected chi connectivity index (χ0v) is 20.0. The molecule has 8 heteroatoms. The Morgan fingerprint density at radius 2 is 1.74 bits per heavy atom. The van der Waals surface area contributed by atoms with Gasteiger partial charge in [-0.25, -0.2) is 8.42 Å². The van der Waals surface area contributed by atoms with E-state index in [1.807, 2.05) is 30.3 Å². The molecule has 0 unspecified atom stereocenters. The van der Waals surface area contributed by atoms with Crippen LogP contribution in [0, 0.1) is 0 Å². The third-order valence-electron chi connectivity index (χ3n) is 5.18. The Labute approximate surface area is 205 Å². The Kier molecular flexibility index (Phi) is 9.46. The van der Waals surface area contributed by atoms with Crippen LogP contribution in [0.2, 0.25) is 0 Å². The van der Waals surface area contributed by atoms with Crippen molar-refractivity contribution in [1.29, 1.82) is 0 Å². The lowest BCUT2D eigenvalue weighted by Crippen LogP contribution is -2.12. The molecule has 0 aliphatic rings. The van der Waals surface area contributed by atoms with Crippen molar-refractivity contribution in [3.05, 3.63) is 96.1 Å². The van der Waals surface area contributed by atoms with Crippen molar-refractivity contribution < 1.29 is 28.2 Å². The first kappa shape index (κ1) is 26.0. The molecule has 0 heterocycles. The second kappa shape index (κ2) is 12.7. The highest BCUT2D eigenvalue weighted by molar-refractivity contribution is 7.92. The van der Waals surface area contributed by atoms with Gasteiger partial charge in [-0.15, -0.1) is 0 Å². The molecular weight excluding hydrogens is 466 g/mol. The molecular formula is C27H29NO6S.